The first-order valence-corrected chi connectivity index (χ1v) is 6.49. The largest absolute Gasteiger partial charge is 0.344 e. The second-order valence-electron chi connectivity index (χ2n) is 5.37. The van der Waals surface area contributed by atoms with Gasteiger partial charge in [-0.2, -0.15) is 0 Å². The summed E-state index contributed by atoms with van der Waals surface area (Å²) in [6.45, 7) is 0.798. The standard InChI is InChI=1S/C14H19N3O/c1-17-8-9(6-14(17)18)16-13-7-12(15)10-4-2-3-5-11(10)13/h2-5,9,12-13,16H,6-8,15H2,1H3. The number of rotatable bonds is 2. The van der Waals surface area contributed by atoms with Crippen molar-refractivity contribution < 1.29 is 4.79 Å². The topological polar surface area (TPSA) is 58.4 Å². The Labute approximate surface area is 107 Å². The molecule has 1 heterocycles. The lowest BCUT2D eigenvalue weighted by atomic mass is 10.1. The molecule has 1 fully saturated rings. The molecule has 1 aromatic carbocycles. The highest BCUT2D eigenvalue weighted by Crippen LogP contribution is 2.37. The van der Waals surface area contributed by atoms with Crippen molar-refractivity contribution in [2.45, 2.75) is 31.0 Å². The maximum absolute atomic E-state index is 11.5. The van der Waals surface area contributed by atoms with Crippen molar-refractivity contribution >= 4 is 5.91 Å². The Morgan fingerprint density at radius 1 is 1.33 bits per heavy atom. The van der Waals surface area contributed by atoms with E-state index < -0.39 is 0 Å². The number of hydrogen-bond donors (Lipinski definition) is 2. The fourth-order valence-electron chi connectivity index (χ4n) is 3.09. The van der Waals surface area contributed by atoms with E-state index in [4.69, 9.17) is 5.73 Å². The van der Waals surface area contributed by atoms with Gasteiger partial charge in [0.05, 0.1) is 0 Å². The number of carbonyl (C=O) groups excluding carboxylic acids is 1. The monoisotopic (exact) mass is 245 g/mol. The van der Waals surface area contributed by atoms with Crippen LogP contribution in [0.3, 0.4) is 0 Å². The lowest BCUT2D eigenvalue weighted by Crippen LogP contribution is -2.34. The van der Waals surface area contributed by atoms with Crippen molar-refractivity contribution in [2.75, 3.05) is 13.6 Å². The molecule has 1 saturated heterocycles. The molecule has 3 unspecified atom stereocenters. The number of nitrogens with two attached hydrogens (primary N) is 1. The molecule has 0 bridgehead atoms. The molecule has 3 N–H and O–H groups in total. The summed E-state index contributed by atoms with van der Waals surface area (Å²) in [4.78, 5) is 13.3. The summed E-state index contributed by atoms with van der Waals surface area (Å²) in [6, 6.07) is 9.00. The molecule has 3 rings (SSSR count). The van der Waals surface area contributed by atoms with E-state index >= 15 is 0 Å². The van der Waals surface area contributed by atoms with Crippen LogP contribution in [0.25, 0.3) is 0 Å². The van der Waals surface area contributed by atoms with Crippen molar-refractivity contribution in [1.29, 1.82) is 0 Å². The third-order valence-corrected chi connectivity index (χ3v) is 4.04. The summed E-state index contributed by atoms with van der Waals surface area (Å²) in [7, 11) is 1.86. The van der Waals surface area contributed by atoms with Crippen LogP contribution in [0.15, 0.2) is 24.3 Å². The smallest absolute Gasteiger partial charge is 0.224 e. The van der Waals surface area contributed by atoms with Gasteiger partial charge in [0.1, 0.15) is 0 Å². The number of likely N-dealkylation sites (tertiary alicyclic amines) is 1. The predicted octanol–water partition coefficient (Wildman–Crippen LogP) is 0.951. The van der Waals surface area contributed by atoms with E-state index in [2.05, 4.69) is 23.5 Å². The van der Waals surface area contributed by atoms with Crippen LogP contribution in [0.4, 0.5) is 0 Å². The van der Waals surface area contributed by atoms with E-state index in [9.17, 15) is 4.79 Å². The average Bonchev–Trinajstić information content (AvgIpc) is 2.83. The summed E-state index contributed by atoms with van der Waals surface area (Å²) in [6.07, 6.45) is 1.53. The van der Waals surface area contributed by atoms with Gasteiger partial charge in [-0.05, 0) is 17.5 Å². The molecule has 96 valence electrons. The number of benzene rings is 1. The Kier molecular flexibility index (Phi) is 2.84. The molecule has 3 atom stereocenters. The third-order valence-electron chi connectivity index (χ3n) is 4.04. The lowest BCUT2D eigenvalue weighted by Gasteiger charge is -2.19. The van der Waals surface area contributed by atoms with Gasteiger partial charge in [-0.3, -0.25) is 4.79 Å². The van der Waals surface area contributed by atoms with Crippen molar-refractivity contribution in [1.82, 2.24) is 10.2 Å². The summed E-state index contributed by atoms with van der Waals surface area (Å²) in [5.74, 6) is 0.225. The average molecular weight is 245 g/mol. The Bertz CT molecular complexity index is 474. The third kappa shape index (κ3) is 1.91. The SMILES string of the molecule is CN1CC(NC2CC(N)c3ccccc32)CC1=O. The Balaban J connectivity index is 1.74. The molecule has 0 aromatic heterocycles. The van der Waals surface area contributed by atoms with Crippen LogP contribution < -0.4 is 11.1 Å². The van der Waals surface area contributed by atoms with E-state index in [0.29, 0.717) is 12.5 Å². The second kappa shape index (κ2) is 4.37. The molecule has 18 heavy (non-hydrogen) atoms. The van der Waals surface area contributed by atoms with Crippen molar-refractivity contribution in [3.05, 3.63) is 35.4 Å². The Morgan fingerprint density at radius 2 is 2.06 bits per heavy atom. The molecule has 1 aromatic rings. The van der Waals surface area contributed by atoms with E-state index in [0.717, 1.165) is 13.0 Å². The Hall–Kier alpha value is -1.39. The van der Waals surface area contributed by atoms with Crippen LogP contribution in [0, 0.1) is 0 Å². The van der Waals surface area contributed by atoms with Gasteiger partial charge in [0.2, 0.25) is 5.91 Å². The normalized spacial score (nSPS) is 30.9. The minimum Gasteiger partial charge on any atom is -0.344 e. The van der Waals surface area contributed by atoms with Crippen molar-refractivity contribution in [2.24, 2.45) is 5.73 Å². The molecule has 4 nitrogen and oxygen atoms in total. The zero-order valence-electron chi connectivity index (χ0n) is 10.6. The highest BCUT2D eigenvalue weighted by molar-refractivity contribution is 5.78. The van der Waals surface area contributed by atoms with Gasteiger partial charge < -0.3 is 16.0 Å². The quantitative estimate of drug-likeness (QED) is 0.815. The highest BCUT2D eigenvalue weighted by Gasteiger charge is 2.33. The van der Waals surface area contributed by atoms with Crippen LogP contribution in [0.2, 0.25) is 0 Å². The first kappa shape index (κ1) is 11.7. The number of nitrogens with one attached hydrogen (secondary N) is 1. The zero-order chi connectivity index (χ0) is 12.7. The molecular weight excluding hydrogens is 226 g/mol. The number of carbonyl (C=O) groups is 1. The summed E-state index contributed by atoms with van der Waals surface area (Å²) < 4.78 is 0. The minimum atomic E-state index is 0.119. The van der Waals surface area contributed by atoms with Crippen LogP contribution in [-0.2, 0) is 4.79 Å². The molecule has 1 amide bonds. The molecule has 0 spiro atoms. The van der Waals surface area contributed by atoms with Crippen molar-refractivity contribution in [3.63, 3.8) is 0 Å². The maximum atomic E-state index is 11.5. The van der Waals surface area contributed by atoms with Crippen LogP contribution >= 0.6 is 0 Å². The molecule has 0 saturated carbocycles. The van der Waals surface area contributed by atoms with Crippen LogP contribution in [0.5, 0.6) is 0 Å². The maximum Gasteiger partial charge on any atom is 0.224 e. The number of hydrogen-bond acceptors (Lipinski definition) is 3. The zero-order valence-corrected chi connectivity index (χ0v) is 10.6. The minimum absolute atomic E-state index is 0.119. The first-order chi connectivity index (χ1) is 8.65. The number of fused-ring (bicyclic) bond motifs is 1. The number of likely N-dealkylation sites (N-methyl/N-ethyl adjacent to an activating group) is 1. The summed E-state index contributed by atoms with van der Waals surface area (Å²) >= 11 is 0. The number of amides is 1. The summed E-state index contributed by atoms with van der Waals surface area (Å²) in [5, 5.41) is 3.58. The summed E-state index contributed by atoms with van der Waals surface area (Å²) in [5.41, 5.74) is 8.69. The molecule has 2 aliphatic rings. The van der Waals surface area contributed by atoms with Gasteiger partial charge in [0.25, 0.3) is 0 Å². The molecular formula is C14H19N3O. The van der Waals surface area contributed by atoms with Crippen LogP contribution in [0.1, 0.15) is 36.1 Å². The van der Waals surface area contributed by atoms with Gasteiger partial charge in [0, 0.05) is 38.1 Å². The molecule has 1 aliphatic heterocycles. The van der Waals surface area contributed by atoms with Crippen LogP contribution in [-0.4, -0.2) is 30.4 Å². The first-order valence-electron chi connectivity index (χ1n) is 6.49. The van der Waals surface area contributed by atoms with E-state index in [1.807, 2.05) is 13.1 Å². The lowest BCUT2D eigenvalue weighted by molar-refractivity contribution is -0.126. The fourth-order valence-corrected chi connectivity index (χ4v) is 3.09. The van der Waals surface area contributed by atoms with E-state index in [1.165, 1.54) is 11.1 Å². The fraction of sp³-hybridized carbons (Fsp3) is 0.500. The van der Waals surface area contributed by atoms with Gasteiger partial charge in [-0.15, -0.1) is 0 Å². The Morgan fingerprint density at radius 3 is 2.72 bits per heavy atom. The van der Waals surface area contributed by atoms with Gasteiger partial charge in [0.15, 0.2) is 0 Å². The number of nitrogens with zero attached hydrogens (tertiary/aromatic N) is 1. The highest BCUT2D eigenvalue weighted by atomic mass is 16.2. The van der Waals surface area contributed by atoms with Crippen molar-refractivity contribution in [3.8, 4) is 0 Å². The van der Waals surface area contributed by atoms with E-state index in [-0.39, 0.29) is 18.0 Å². The van der Waals surface area contributed by atoms with Gasteiger partial charge in [-0.1, -0.05) is 24.3 Å². The predicted molar refractivity (Wildman–Crippen MR) is 69.9 cm³/mol. The van der Waals surface area contributed by atoms with Gasteiger partial charge in [-0.25, -0.2) is 0 Å². The second-order valence-corrected chi connectivity index (χ2v) is 5.37. The molecule has 0 radical (unpaired) electrons. The van der Waals surface area contributed by atoms with E-state index in [1.54, 1.807) is 4.90 Å². The molecule has 4 heteroatoms. The molecule has 1 aliphatic carbocycles. The van der Waals surface area contributed by atoms with Gasteiger partial charge >= 0.3 is 0 Å².